The zero-order chi connectivity index (χ0) is 18.0. The molecular weight excluding hydrogens is 304 g/mol. The van der Waals surface area contributed by atoms with Gasteiger partial charge >= 0.3 is 0 Å². The lowest BCUT2D eigenvalue weighted by molar-refractivity contribution is -0.116. The molecule has 0 aromatic rings. The van der Waals surface area contributed by atoms with Crippen molar-refractivity contribution in [1.29, 1.82) is 0 Å². The highest BCUT2D eigenvalue weighted by molar-refractivity contribution is 5.10. The second-order valence-corrected chi connectivity index (χ2v) is 11.1. The molecule has 4 aliphatic rings. The predicted molar refractivity (Wildman–Crippen MR) is 106 cm³/mol. The van der Waals surface area contributed by atoms with Crippen molar-refractivity contribution in [2.45, 2.75) is 90.6 Å². The number of hydrogen-bond donors (Lipinski definition) is 1. The summed E-state index contributed by atoms with van der Waals surface area (Å²) in [4.78, 5) is 2.48. The van der Waals surface area contributed by atoms with Gasteiger partial charge in [-0.3, -0.25) is 0 Å². The van der Waals surface area contributed by atoms with E-state index in [2.05, 4.69) is 39.8 Å². The first-order valence-electron chi connectivity index (χ1n) is 11.2. The van der Waals surface area contributed by atoms with Crippen LogP contribution in [-0.2, 0) is 0 Å². The maximum absolute atomic E-state index is 6.35. The van der Waals surface area contributed by atoms with E-state index in [0.717, 1.165) is 35.6 Å². The highest BCUT2D eigenvalue weighted by Crippen LogP contribution is 2.67. The number of fused-ring (bicyclic) bond motifs is 5. The van der Waals surface area contributed by atoms with Crippen LogP contribution in [0.3, 0.4) is 0 Å². The molecule has 2 heteroatoms. The Morgan fingerprint density at radius 3 is 2.28 bits per heavy atom. The second kappa shape index (κ2) is 6.23. The van der Waals surface area contributed by atoms with Crippen molar-refractivity contribution in [2.75, 3.05) is 14.1 Å². The standard InChI is InChI=1S/C23H42N2/c1-15(25(4)5)19-8-9-20-18-7-6-16-14-17(24)10-12-22(16,2)21(18)11-13-23(19,20)3/h15-21H,6-14,24H2,1-5H3/t15-,16-,17-,18+,19+,20-,21-,22-,23+/m0/s1. The molecule has 2 nitrogen and oxygen atoms in total. The van der Waals surface area contributed by atoms with Crippen molar-refractivity contribution in [3.63, 3.8) is 0 Å². The zero-order valence-electron chi connectivity index (χ0n) is 17.4. The summed E-state index contributed by atoms with van der Waals surface area (Å²) < 4.78 is 0. The van der Waals surface area contributed by atoms with E-state index >= 15 is 0 Å². The molecule has 0 unspecified atom stereocenters. The minimum absolute atomic E-state index is 0.486. The number of hydrogen-bond acceptors (Lipinski definition) is 2. The van der Waals surface area contributed by atoms with E-state index in [1.807, 2.05) is 0 Å². The third kappa shape index (κ3) is 2.64. The lowest BCUT2D eigenvalue weighted by Crippen LogP contribution is -2.55. The second-order valence-electron chi connectivity index (χ2n) is 11.1. The Labute approximate surface area is 156 Å². The largest absolute Gasteiger partial charge is 0.328 e. The zero-order valence-corrected chi connectivity index (χ0v) is 17.4. The Morgan fingerprint density at radius 1 is 0.880 bits per heavy atom. The smallest absolute Gasteiger partial charge is 0.00944 e. The van der Waals surface area contributed by atoms with Gasteiger partial charge in [0.25, 0.3) is 0 Å². The first-order chi connectivity index (χ1) is 11.8. The van der Waals surface area contributed by atoms with Crippen LogP contribution in [0, 0.1) is 40.4 Å². The molecule has 9 atom stereocenters. The van der Waals surface area contributed by atoms with Crippen molar-refractivity contribution < 1.29 is 0 Å². The summed E-state index contributed by atoms with van der Waals surface area (Å²) in [5, 5.41) is 0. The fraction of sp³-hybridized carbons (Fsp3) is 1.00. The molecular formula is C23H42N2. The molecule has 144 valence electrons. The van der Waals surface area contributed by atoms with Crippen molar-refractivity contribution in [3.05, 3.63) is 0 Å². The predicted octanol–water partition coefficient (Wildman–Crippen LogP) is 4.92. The maximum Gasteiger partial charge on any atom is 0.00944 e. The van der Waals surface area contributed by atoms with E-state index in [-0.39, 0.29) is 0 Å². The third-order valence-electron chi connectivity index (χ3n) is 10.2. The SMILES string of the molecule is C[C@@H]([C@H]1CC[C@H]2[C@H]3CC[C@H]4C[C@@H](N)CC[C@]4(C)[C@H]3CC[C@]12C)N(C)C. The van der Waals surface area contributed by atoms with Gasteiger partial charge in [0.15, 0.2) is 0 Å². The van der Waals surface area contributed by atoms with E-state index < -0.39 is 0 Å². The maximum atomic E-state index is 6.35. The molecule has 25 heavy (non-hydrogen) atoms. The minimum Gasteiger partial charge on any atom is -0.328 e. The van der Waals surface area contributed by atoms with Gasteiger partial charge in [-0.05, 0) is 119 Å². The van der Waals surface area contributed by atoms with Gasteiger partial charge in [-0.15, -0.1) is 0 Å². The summed E-state index contributed by atoms with van der Waals surface area (Å²) in [7, 11) is 4.56. The molecule has 4 rings (SSSR count). The first kappa shape index (κ1) is 18.3. The average Bonchev–Trinajstić information content (AvgIpc) is 2.92. The minimum atomic E-state index is 0.486. The Morgan fingerprint density at radius 2 is 1.56 bits per heavy atom. The third-order valence-corrected chi connectivity index (χ3v) is 10.2. The van der Waals surface area contributed by atoms with Gasteiger partial charge in [-0.2, -0.15) is 0 Å². The molecule has 0 bridgehead atoms. The summed E-state index contributed by atoms with van der Waals surface area (Å²) in [5.41, 5.74) is 7.55. The Hall–Kier alpha value is -0.0800. The fourth-order valence-electron chi connectivity index (χ4n) is 8.48. The molecule has 0 aromatic carbocycles. The van der Waals surface area contributed by atoms with Crippen LogP contribution in [0.15, 0.2) is 0 Å². The Bertz CT molecular complexity index is 502. The van der Waals surface area contributed by atoms with Crippen LogP contribution in [0.25, 0.3) is 0 Å². The topological polar surface area (TPSA) is 29.3 Å². The summed E-state index contributed by atoms with van der Waals surface area (Å²) in [6.07, 6.45) is 12.9. The van der Waals surface area contributed by atoms with Gasteiger partial charge in [0.05, 0.1) is 0 Å². The molecule has 4 saturated carbocycles. The van der Waals surface area contributed by atoms with Crippen molar-refractivity contribution in [2.24, 2.45) is 46.2 Å². The highest BCUT2D eigenvalue weighted by Gasteiger charge is 2.60. The van der Waals surface area contributed by atoms with Gasteiger partial charge < -0.3 is 10.6 Å². The van der Waals surface area contributed by atoms with Crippen molar-refractivity contribution >= 4 is 0 Å². The van der Waals surface area contributed by atoms with Gasteiger partial charge in [-0.25, -0.2) is 0 Å². The van der Waals surface area contributed by atoms with Crippen LogP contribution in [0.1, 0.15) is 78.6 Å². The molecule has 0 radical (unpaired) electrons. The van der Waals surface area contributed by atoms with E-state index in [1.165, 1.54) is 57.8 Å². The Kier molecular flexibility index (Phi) is 4.56. The highest BCUT2D eigenvalue weighted by atomic mass is 15.1. The summed E-state index contributed by atoms with van der Waals surface area (Å²) >= 11 is 0. The quantitative estimate of drug-likeness (QED) is 0.768. The van der Waals surface area contributed by atoms with Gasteiger partial charge in [0.1, 0.15) is 0 Å². The van der Waals surface area contributed by atoms with E-state index in [4.69, 9.17) is 5.73 Å². The van der Waals surface area contributed by atoms with E-state index in [1.54, 1.807) is 0 Å². The van der Waals surface area contributed by atoms with Crippen LogP contribution in [0.5, 0.6) is 0 Å². The van der Waals surface area contributed by atoms with Crippen LogP contribution < -0.4 is 5.73 Å². The van der Waals surface area contributed by atoms with Gasteiger partial charge in [0, 0.05) is 12.1 Å². The fourth-order valence-corrected chi connectivity index (χ4v) is 8.48. The molecule has 0 aromatic heterocycles. The molecule has 0 saturated heterocycles. The van der Waals surface area contributed by atoms with Crippen LogP contribution >= 0.6 is 0 Å². The summed E-state index contributed by atoms with van der Waals surface area (Å²) in [5.74, 6) is 4.81. The number of nitrogens with two attached hydrogens (primary N) is 1. The molecule has 0 aliphatic heterocycles. The van der Waals surface area contributed by atoms with E-state index in [0.29, 0.717) is 16.9 Å². The summed E-state index contributed by atoms with van der Waals surface area (Å²) in [6.45, 7) is 7.82. The van der Waals surface area contributed by atoms with Crippen LogP contribution in [-0.4, -0.2) is 31.1 Å². The van der Waals surface area contributed by atoms with Gasteiger partial charge in [0.2, 0.25) is 0 Å². The average molecular weight is 347 g/mol. The first-order valence-corrected chi connectivity index (χ1v) is 11.2. The van der Waals surface area contributed by atoms with Crippen molar-refractivity contribution in [3.8, 4) is 0 Å². The van der Waals surface area contributed by atoms with Crippen molar-refractivity contribution in [1.82, 2.24) is 4.90 Å². The molecule has 4 aliphatic carbocycles. The number of rotatable bonds is 2. The normalized spacial score (nSPS) is 53.9. The molecule has 2 N–H and O–H groups in total. The lowest BCUT2D eigenvalue weighted by atomic mass is 9.44. The summed E-state index contributed by atoms with van der Waals surface area (Å²) in [6, 6.07) is 1.21. The molecule has 0 amide bonds. The molecule has 0 heterocycles. The van der Waals surface area contributed by atoms with Crippen LogP contribution in [0.4, 0.5) is 0 Å². The van der Waals surface area contributed by atoms with Gasteiger partial charge in [-0.1, -0.05) is 13.8 Å². The van der Waals surface area contributed by atoms with Crippen LogP contribution in [0.2, 0.25) is 0 Å². The Balaban J connectivity index is 1.58. The monoisotopic (exact) mass is 346 g/mol. The van der Waals surface area contributed by atoms with E-state index in [9.17, 15) is 0 Å². The molecule has 4 fully saturated rings. The number of nitrogens with zero attached hydrogens (tertiary/aromatic N) is 1. The molecule has 0 spiro atoms. The lowest BCUT2D eigenvalue weighted by Gasteiger charge is -2.61.